The third-order valence-corrected chi connectivity index (χ3v) is 3.28. The third-order valence-electron chi connectivity index (χ3n) is 3.28. The smallest absolute Gasteiger partial charge is 0.338 e. The lowest BCUT2D eigenvalue weighted by Gasteiger charge is -2.10. The van der Waals surface area contributed by atoms with Gasteiger partial charge in [0.2, 0.25) is 5.91 Å². The molecule has 1 amide bonds. The van der Waals surface area contributed by atoms with E-state index in [1.807, 2.05) is 12.2 Å². The number of hydrogen-bond donors (Lipinski definition) is 2. The number of non-ortho nitro benzene ring substituents is 1. The van der Waals surface area contributed by atoms with Crippen molar-refractivity contribution in [3.8, 4) is 0 Å². The monoisotopic (exact) mass is 290 g/mol. The number of nitrogens with one attached hydrogen (secondary N) is 1. The van der Waals surface area contributed by atoms with Crippen molar-refractivity contribution in [2.24, 2.45) is 5.92 Å². The van der Waals surface area contributed by atoms with E-state index in [4.69, 9.17) is 5.11 Å². The number of rotatable bonds is 5. The molecule has 0 saturated carbocycles. The van der Waals surface area contributed by atoms with E-state index in [-0.39, 0.29) is 35.2 Å². The number of anilines is 1. The lowest BCUT2D eigenvalue weighted by molar-refractivity contribution is -0.384. The van der Waals surface area contributed by atoms with Crippen molar-refractivity contribution in [3.05, 3.63) is 46.0 Å². The van der Waals surface area contributed by atoms with Crippen LogP contribution in [0.4, 0.5) is 11.4 Å². The highest BCUT2D eigenvalue weighted by Crippen LogP contribution is 2.24. The quantitative estimate of drug-likeness (QED) is 0.492. The maximum absolute atomic E-state index is 11.9. The Hall–Kier alpha value is -2.70. The second-order valence-corrected chi connectivity index (χ2v) is 4.81. The minimum absolute atomic E-state index is 0.0695. The molecule has 7 nitrogen and oxygen atoms in total. The molecule has 0 fully saturated rings. The van der Waals surface area contributed by atoms with Crippen LogP contribution >= 0.6 is 0 Å². The predicted octanol–water partition coefficient (Wildman–Crippen LogP) is 2.59. The summed E-state index contributed by atoms with van der Waals surface area (Å²) >= 11 is 0. The standard InChI is InChI=1S/C14H14N2O5/c17-13(7-9-3-1-2-4-9)15-12-6-5-10(16(20)21)8-11(12)14(18)19/h1,3,5-6,8-9H,2,4,7H2,(H,15,17)(H,18,19). The number of nitrogens with zero attached hydrogens (tertiary/aromatic N) is 1. The van der Waals surface area contributed by atoms with E-state index in [1.165, 1.54) is 6.07 Å². The van der Waals surface area contributed by atoms with Gasteiger partial charge in [0.15, 0.2) is 0 Å². The van der Waals surface area contributed by atoms with Gasteiger partial charge in [0.05, 0.1) is 16.2 Å². The Kier molecular flexibility index (Phi) is 4.32. The molecule has 0 heterocycles. The Morgan fingerprint density at radius 3 is 2.76 bits per heavy atom. The molecule has 0 spiro atoms. The Balaban J connectivity index is 2.14. The van der Waals surface area contributed by atoms with Crippen LogP contribution in [0.25, 0.3) is 0 Å². The maximum atomic E-state index is 11.9. The fourth-order valence-electron chi connectivity index (χ4n) is 2.24. The van der Waals surface area contributed by atoms with E-state index in [0.29, 0.717) is 0 Å². The number of carbonyl (C=O) groups excluding carboxylic acids is 1. The van der Waals surface area contributed by atoms with Crippen LogP contribution < -0.4 is 5.32 Å². The van der Waals surface area contributed by atoms with E-state index in [9.17, 15) is 19.7 Å². The Bertz CT molecular complexity index is 624. The second-order valence-electron chi connectivity index (χ2n) is 4.81. The van der Waals surface area contributed by atoms with Gasteiger partial charge in [-0.1, -0.05) is 12.2 Å². The number of nitro groups is 1. The fraction of sp³-hybridized carbons (Fsp3) is 0.286. The minimum Gasteiger partial charge on any atom is -0.478 e. The highest BCUT2D eigenvalue weighted by molar-refractivity contribution is 6.01. The zero-order chi connectivity index (χ0) is 15.4. The van der Waals surface area contributed by atoms with Gasteiger partial charge in [0.1, 0.15) is 0 Å². The van der Waals surface area contributed by atoms with E-state index in [0.717, 1.165) is 25.0 Å². The first kappa shape index (κ1) is 14.7. The molecule has 1 aromatic rings. The lowest BCUT2D eigenvalue weighted by atomic mass is 10.0. The van der Waals surface area contributed by atoms with Crippen LogP contribution in [0.1, 0.15) is 29.6 Å². The average Bonchev–Trinajstić information content (AvgIpc) is 2.91. The van der Waals surface area contributed by atoms with E-state index < -0.39 is 10.9 Å². The van der Waals surface area contributed by atoms with Crippen LogP contribution in [0.15, 0.2) is 30.4 Å². The van der Waals surface area contributed by atoms with Crippen LogP contribution in [0.5, 0.6) is 0 Å². The molecule has 1 aliphatic rings. The average molecular weight is 290 g/mol. The Morgan fingerprint density at radius 2 is 2.19 bits per heavy atom. The number of amides is 1. The van der Waals surface area contributed by atoms with Gasteiger partial charge in [-0.2, -0.15) is 0 Å². The zero-order valence-corrected chi connectivity index (χ0v) is 11.1. The molecule has 0 radical (unpaired) electrons. The molecule has 1 atom stereocenters. The minimum atomic E-state index is -1.32. The Labute approximate surface area is 120 Å². The summed E-state index contributed by atoms with van der Waals surface area (Å²) in [7, 11) is 0. The summed E-state index contributed by atoms with van der Waals surface area (Å²) in [4.78, 5) is 33.0. The first-order chi connectivity index (χ1) is 9.97. The highest BCUT2D eigenvalue weighted by Gasteiger charge is 2.19. The number of carboxylic acid groups (broad SMARTS) is 1. The molecule has 1 aliphatic carbocycles. The largest absolute Gasteiger partial charge is 0.478 e. The summed E-state index contributed by atoms with van der Waals surface area (Å²) in [5.74, 6) is -1.46. The number of hydrogen-bond acceptors (Lipinski definition) is 4. The van der Waals surface area contributed by atoms with Crippen molar-refractivity contribution in [3.63, 3.8) is 0 Å². The molecule has 7 heteroatoms. The summed E-state index contributed by atoms with van der Waals surface area (Å²) in [6.07, 6.45) is 6.09. The molecule has 0 aliphatic heterocycles. The molecule has 0 aromatic heterocycles. The third kappa shape index (κ3) is 3.65. The van der Waals surface area contributed by atoms with E-state index in [1.54, 1.807) is 0 Å². The van der Waals surface area contributed by atoms with Crippen LogP contribution in [-0.4, -0.2) is 21.9 Å². The fourth-order valence-corrected chi connectivity index (χ4v) is 2.24. The van der Waals surface area contributed by atoms with Crippen molar-refractivity contribution in [1.82, 2.24) is 0 Å². The predicted molar refractivity (Wildman–Crippen MR) is 75.2 cm³/mol. The Morgan fingerprint density at radius 1 is 1.43 bits per heavy atom. The summed E-state index contributed by atoms with van der Waals surface area (Å²) in [6, 6.07) is 3.34. The summed E-state index contributed by atoms with van der Waals surface area (Å²) in [5.41, 5.74) is -0.552. The van der Waals surface area contributed by atoms with Gasteiger partial charge in [-0.3, -0.25) is 14.9 Å². The molecule has 0 bridgehead atoms. The van der Waals surface area contributed by atoms with Crippen LogP contribution in [0.2, 0.25) is 0 Å². The van der Waals surface area contributed by atoms with Crippen molar-refractivity contribution >= 4 is 23.3 Å². The van der Waals surface area contributed by atoms with Gasteiger partial charge < -0.3 is 10.4 Å². The highest BCUT2D eigenvalue weighted by atomic mass is 16.6. The summed E-state index contributed by atoms with van der Waals surface area (Å²) in [6.45, 7) is 0. The van der Waals surface area contributed by atoms with Crippen molar-refractivity contribution in [2.75, 3.05) is 5.32 Å². The topological polar surface area (TPSA) is 110 Å². The second kappa shape index (κ2) is 6.17. The number of carboxylic acids is 1. The van der Waals surface area contributed by atoms with Gasteiger partial charge in [-0.25, -0.2) is 4.79 Å². The van der Waals surface area contributed by atoms with Crippen molar-refractivity contribution in [1.29, 1.82) is 0 Å². The van der Waals surface area contributed by atoms with Gasteiger partial charge in [-0.15, -0.1) is 0 Å². The first-order valence-corrected chi connectivity index (χ1v) is 6.45. The molecule has 110 valence electrons. The number of allylic oxidation sites excluding steroid dienone is 2. The van der Waals surface area contributed by atoms with Crippen LogP contribution in [0, 0.1) is 16.0 Å². The molecular formula is C14H14N2O5. The number of nitro benzene ring substituents is 1. The molecule has 1 unspecified atom stereocenters. The van der Waals surface area contributed by atoms with Crippen LogP contribution in [-0.2, 0) is 4.79 Å². The van der Waals surface area contributed by atoms with E-state index in [2.05, 4.69) is 5.32 Å². The van der Waals surface area contributed by atoms with Gasteiger partial charge in [0, 0.05) is 18.6 Å². The van der Waals surface area contributed by atoms with Crippen molar-refractivity contribution in [2.45, 2.75) is 19.3 Å². The van der Waals surface area contributed by atoms with Gasteiger partial charge in [0.25, 0.3) is 5.69 Å². The summed E-state index contributed by atoms with van der Waals surface area (Å²) in [5, 5.41) is 22.2. The normalized spacial score (nSPS) is 16.7. The van der Waals surface area contributed by atoms with Crippen molar-refractivity contribution < 1.29 is 19.6 Å². The maximum Gasteiger partial charge on any atom is 0.338 e. The zero-order valence-electron chi connectivity index (χ0n) is 11.1. The molecule has 2 N–H and O–H groups in total. The number of carbonyl (C=O) groups is 2. The summed E-state index contributed by atoms with van der Waals surface area (Å²) < 4.78 is 0. The van der Waals surface area contributed by atoms with Gasteiger partial charge in [-0.05, 0) is 24.8 Å². The molecule has 1 aromatic carbocycles. The molecule has 2 rings (SSSR count). The molecule has 0 saturated heterocycles. The molecular weight excluding hydrogens is 276 g/mol. The lowest BCUT2D eigenvalue weighted by Crippen LogP contribution is -2.17. The van der Waals surface area contributed by atoms with Crippen LogP contribution in [0.3, 0.4) is 0 Å². The van der Waals surface area contributed by atoms with Gasteiger partial charge >= 0.3 is 5.97 Å². The first-order valence-electron chi connectivity index (χ1n) is 6.45. The molecule has 21 heavy (non-hydrogen) atoms. The van der Waals surface area contributed by atoms with E-state index >= 15 is 0 Å². The number of benzene rings is 1. The SMILES string of the molecule is O=C(CC1C=CCC1)Nc1ccc([N+](=O)[O-])cc1C(=O)O. The number of aromatic carboxylic acids is 1.